The Balaban J connectivity index is 1.78. The van der Waals surface area contributed by atoms with Gasteiger partial charge in [-0.2, -0.15) is 0 Å². The molecular formula is C25H17F2NO2. The molecule has 1 atom stereocenters. The number of carbonyl (C=O) groups is 1. The minimum atomic E-state index is -1.09. The fourth-order valence-electron chi connectivity index (χ4n) is 4.41. The molecule has 0 fully saturated rings. The summed E-state index contributed by atoms with van der Waals surface area (Å²) >= 11 is 0. The van der Waals surface area contributed by atoms with E-state index < -0.39 is 11.8 Å². The molecule has 0 spiro atoms. The number of aromatic nitrogens is 1. The molecule has 5 heteroatoms. The summed E-state index contributed by atoms with van der Waals surface area (Å²) in [6.45, 7) is 2.01. The first kappa shape index (κ1) is 18.4. The first-order chi connectivity index (χ1) is 14.4. The van der Waals surface area contributed by atoms with Crippen LogP contribution >= 0.6 is 0 Å². The molecule has 0 bridgehead atoms. The van der Waals surface area contributed by atoms with Crippen LogP contribution in [0.4, 0.5) is 8.78 Å². The molecule has 5 rings (SSSR count). The van der Waals surface area contributed by atoms with Crippen LogP contribution in [0.15, 0.2) is 60.7 Å². The minimum absolute atomic E-state index is 0.00475. The van der Waals surface area contributed by atoms with Crippen LogP contribution in [0.3, 0.4) is 0 Å². The van der Waals surface area contributed by atoms with Gasteiger partial charge < -0.3 is 5.11 Å². The minimum Gasteiger partial charge on any atom is -0.478 e. The normalized spacial score (nSPS) is 15.0. The number of hydrogen-bond acceptors (Lipinski definition) is 2. The fourth-order valence-corrected chi connectivity index (χ4v) is 4.41. The molecule has 1 aliphatic rings. The molecule has 0 radical (unpaired) electrons. The number of pyridine rings is 1. The predicted octanol–water partition coefficient (Wildman–Crippen LogP) is 6.20. The third-order valence-corrected chi connectivity index (χ3v) is 5.79. The first-order valence-corrected chi connectivity index (χ1v) is 9.68. The fraction of sp³-hybridized carbons (Fsp3) is 0.120. The zero-order valence-electron chi connectivity index (χ0n) is 16.1. The molecule has 30 heavy (non-hydrogen) atoms. The Labute approximate surface area is 171 Å². The molecule has 0 aliphatic heterocycles. The molecule has 1 aliphatic carbocycles. The van der Waals surface area contributed by atoms with E-state index in [1.54, 1.807) is 18.2 Å². The maximum absolute atomic E-state index is 14.3. The van der Waals surface area contributed by atoms with Crippen LogP contribution < -0.4 is 0 Å². The smallest absolute Gasteiger partial charge is 0.336 e. The Morgan fingerprint density at radius 1 is 1.03 bits per heavy atom. The van der Waals surface area contributed by atoms with E-state index in [-0.39, 0.29) is 17.3 Å². The van der Waals surface area contributed by atoms with Gasteiger partial charge in [-0.15, -0.1) is 0 Å². The monoisotopic (exact) mass is 401 g/mol. The van der Waals surface area contributed by atoms with Crippen LogP contribution in [0, 0.1) is 11.6 Å². The summed E-state index contributed by atoms with van der Waals surface area (Å²) in [5.74, 6) is -1.88. The van der Waals surface area contributed by atoms with Crippen molar-refractivity contribution in [1.82, 2.24) is 4.98 Å². The molecule has 1 aromatic heterocycles. The van der Waals surface area contributed by atoms with Crippen LogP contribution in [0.1, 0.15) is 34.3 Å². The van der Waals surface area contributed by atoms with Crippen molar-refractivity contribution in [3.8, 4) is 22.4 Å². The molecule has 1 heterocycles. The van der Waals surface area contributed by atoms with Crippen LogP contribution in [0.2, 0.25) is 0 Å². The first-order valence-electron chi connectivity index (χ1n) is 9.68. The van der Waals surface area contributed by atoms with Gasteiger partial charge in [0.15, 0.2) is 0 Å². The van der Waals surface area contributed by atoms with Gasteiger partial charge in [-0.05, 0) is 53.3 Å². The SMILES string of the molecule is CC1Cc2c(nc3ccc(F)cc3c2C(=O)O)-c2ccc(-c3ccccc3F)cc21. The highest BCUT2D eigenvalue weighted by molar-refractivity contribution is 6.06. The second kappa shape index (κ2) is 6.73. The largest absolute Gasteiger partial charge is 0.478 e. The van der Waals surface area contributed by atoms with Crippen molar-refractivity contribution in [3.63, 3.8) is 0 Å². The van der Waals surface area contributed by atoms with Crippen molar-refractivity contribution in [1.29, 1.82) is 0 Å². The van der Waals surface area contributed by atoms with Gasteiger partial charge in [-0.1, -0.05) is 43.3 Å². The van der Waals surface area contributed by atoms with Gasteiger partial charge in [-0.3, -0.25) is 0 Å². The van der Waals surface area contributed by atoms with E-state index in [0.29, 0.717) is 34.1 Å². The third-order valence-electron chi connectivity index (χ3n) is 5.79. The number of nitrogens with zero attached hydrogens (tertiary/aromatic N) is 1. The average molecular weight is 401 g/mol. The van der Waals surface area contributed by atoms with E-state index in [9.17, 15) is 18.7 Å². The third kappa shape index (κ3) is 2.77. The summed E-state index contributed by atoms with van der Waals surface area (Å²) in [5, 5.41) is 10.2. The van der Waals surface area contributed by atoms with Gasteiger partial charge >= 0.3 is 5.97 Å². The van der Waals surface area contributed by atoms with Gasteiger partial charge in [0.25, 0.3) is 0 Å². The van der Waals surface area contributed by atoms with E-state index in [1.807, 2.05) is 25.1 Å². The zero-order valence-corrected chi connectivity index (χ0v) is 16.1. The van der Waals surface area contributed by atoms with E-state index >= 15 is 0 Å². The predicted molar refractivity (Wildman–Crippen MR) is 112 cm³/mol. The lowest BCUT2D eigenvalue weighted by atomic mass is 9.78. The molecule has 148 valence electrons. The quantitative estimate of drug-likeness (QED) is 0.435. The molecule has 3 nitrogen and oxygen atoms in total. The van der Waals surface area contributed by atoms with Crippen LogP contribution in [-0.4, -0.2) is 16.1 Å². The highest BCUT2D eigenvalue weighted by atomic mass is 19.1. The van der Waals surface area contributed by atoms with Crippen LogP contribution in [0.25, 0.3) is 33.3 Å². The lowest BCUT2D eigenvalue weighted by Gasteiger charge is -2.27. The molecule has 4 aromatic rings. The average Bonchev–Trinajstić information content (AvgIpc) is 2.72. The summed E-state index contributed by atoms with van der Waals surface area (Å²) in [6, 6.07) is 16.3. The van der Waals surface area contributed by atoms with Crippen molar-refractivity contribution in [2.75, 3.05) is 0 Å². The van der Waals surface area contributed by atoms with E-state index in [0.717, 1.165) is 16.7 Å². The van der Waals surface area contributed by atoms with E-state index in [1.165, 1.54) is 24.3 Å². The van der Waals surface area contributed by atoms with Gasteiger partial charge in [0, 0.05) is 16.5 Å². The summed E-state index contributed by atoms with van der Waals surface area (Å²) in [6.07, 6.45) is 0.462. The van der Waals surface area contributed by atoms with Crippen molar-refractivity contribution in [2.24, 2.45) is 0 Å². The second-order valence-corrected chi connectivity index (χ2v) is 7.67. The number of carboxylic acid groups (broad SMARTS) is 1. The number of fused-ring (bicyclic) bond motifs is 4. The Morgan fingerprint density at radius 3 is 2.60 bits per heavy atom. The zero-order chi connectivity index (χ0) is 21.0. The summed E-state index contributed by atoms with van der Waals surface area (Å²) in [7, 11) is 0. The van der Waals surface area contributed by atoms with Gasteiger partial charge in [-0.25, -0.2) is 18.6 Å². The van der Waals surface area contributed by atoms with Gasteiger partial charge in [0.2, 0.25) is 0 Å². The number of carboxylic acids is 1. The van der Waals surface area contributed by atoms with E-state index in [2.05, 4.69) is 0 Å². The number of aromatic carboxylic acids is 1. The standard InChI is InChI=1S/C25H17F2NO2/c1-13-10-20-23(25(29)30)19-12-15(26)7-9-22(19)28-24(20)17-8-6-14(11-18(13)17)16-4-2-3-5-21(16)27/h2-9,11-13H,10H2,1H3,(H,29,30). The molecule has 0 saturated heterocycles. The van der Waals surface area contributed by atoms with Crippen LogP contribution in [-0.2, 0) is 6.42 Å². The number of rotatable bonds is 2. The van der Waals surface area contributed by atoms with Crippen molar-refractivity contribution < 1.29 is 18.7 Å². The van der Waals surface area contributed by atoms with Gasteiger partial charge in [0.1, 0.15) is 11.6 Å². The Hall–Kier alpha value is -3.60. The summed E-state index contributed by atoms with van der Waals surface area (Å²) in [4.78, 5) is 16.8. The van der Waals surface area contributed by atoms with Gasteiger partial charge in [0.05, 0.1) is 16.8 Å². The molecule has 3 aromatic carbocycles. The highest BCUT2D eigenvalue weighted by Crippen LogP contribution is 2.43. The van der Waals surface area contributed by atoms with Crippen molar-refractivity contribution >= 4 is 16.9 Å². The topological polar surface area (TPSA) is 50.2 Å². The summed E-state index contributed by atoms with van der Waals surface area (Å²) in [5.41, 5.74) is 4.86. The van der Waals surface area contributed by atoms with Crippen LogP contribution in [0.5, 0.6) is 0 Å². The van der Waals surface area contributed by atoms with E-state index in [4.69, 9.17) is 4.98 Å². The number of hydrogen-bond donors (Lipinski definition) is 1. The lowest BCUT2D eigenvalue weighted by molar-refractivity contribution is 0.0697. The molecule has 1 N–H and O–H groups in total. The maximum Gasteiger partial charge on any atom is 0.336 e. The van der Waals surface area contributed by atoms with Crippen molar-refractivity contribution in [3.05, 3.63) is 89.0 Å². The molecule has 1 unspecified atom stereocenters. The Morgan fingerprint density at radius 2 is 1.83 bits per heavy atom. The molecular weight excluding hydrogens is 384 g/mol. The Bertz CT molecular complexity index is 1350. The van der Waals surface area contributed by atoms with Crippen molar-refractivity contribution in [2.45, 2.75) is 19.3 Å². The second-order valence-electron chi connectivity index (χ2n) is 7.67. The number of benzene rings is 3. The lowest BCUT2D eigenvalue weighted by Crippen LogP contribution is -2.16. The highest BCUT2D eigenvalue weighted by Gasteiger charge is 2.29. The summed E-state index contributed by atoms with van der Waals surface area (Å²) < 4.78 is 28.1. The molecule has 0 amide bonds. The molecule has 0 saturated carbocycles. The maximum atomic E-state index is 14.3. The number of halogens is 2. The Kier molecular flexibility index (Phi) is 4.13.